The molecular weight excluding hydrogens is 444 g/mol. The van der Waals surface area contributed by atoms with Crippen LogP contribution in [0.5, 0.6) is 0 Å². The summed E-state index contributed by atoms with van der Waals surface area (Å²) in [5.74, 6) is -0.421. The zero-order chi connectivity index (χ0) is 23.6. The Morgan fingerprint density at radius 1 is 0.844 bits per heavy atom. The third-order valence-electron chi connectivity index (χ3n) is 5.41. The van der Waals surface area contributed by atoms with E-state index in [0.29, 0.717) is 16.4 Å². The highest BCUT2D eigenvalue weighted by atomic mass is 35.5. The van der Waals surface area contributed by atoms with Gasteiger partial charge in [-0.05, 0) is 93.3 Å². The predicted molar refractivity (Wildman–Crippen MR) is 131 cm³/mol. The van der Waals surface area contributed by atoms with Crippen molar-refractivity contribution in [1.82, 2.24) is 0 Å². The van der Waals surface area contributed by atoms with Gasteiger partial charge < -0.3 is 5.32 Å². The minimum Gasteiger partial charge on any atom is -0.324 e. The molecule has 0 fully saturated rings. The smallest absolute Gasteiger partial charge is 0.264 e. The summed E-state index contributed by atoms with van der Waals surface area (Å²) in [4.78, 5) is 13.1. The van der Waals surface area contributed by atoms with E-state index in [1.807, 2.05) is 52.8 Å². The van der Waals surface area contributed by atoms with Crippen LogP contribution in [0, 0.1) is 34.6 Å². The molecule has 0 aliphatic rings. The van der Waals surface area contributed by atoms with Gasteiger partial charge in [-0.1, -0.05) is 35.4 Å². The number of aryl methyl sites for hydroxylation is 5. The number of rotatable bonds is 6. The van der Waals surface area contributed by atoms with Crippen LogP contribution in [0.1, 0.15) is 27.8 Å². The molecule has 0 aromatic heterocycles. The Bertz CT molecular complexity index is 1250. The summed E-state index contributed by atoms with van der Waals surface area (Å²) >= 11 is 5.94. The Morgan fingerprint density at radius 2 is 1.44 bits per heavy atom. The van der Waals surface area contributed by atoms with Gasteiger partial charge in [-0.25, -0.2) is 8.42 Å². The van der Waals surface area contributed by atoms with E-state index in [4.69, 9.17) is 11.6 Å². The summed E-state index contributed by atoms with van der Waals surface area (Å²) in [5.41, 5.74) is 6.04. The van der Waals surface area contributed by atoms with E-state index in [-0.39, 0.29) is 11.4 Å². The van der Waals surface area contributed by atoms with Crippen LogP contribution in [-0.4, -0.2) is 20.9 Å². The second-order valence-electron chi connectivity index (χ2n) is 8.06. The van der Waals surface area contributed by atoms with Gasteiger partial charge in [0.1, 0.15) is 6.54 Å². The fourth-order valence-electron chi connectivity index (χ4n) is 3.62. The fourth-order valence-corrected chi connectivity index (χ4v) is 5.15. The summed E-state index contributed by atoms with van der Waals surface area (Å²) in [6, 6.07) is 15.2. The maximum Gasteiger partial charge on any atom is 0.264 e. The molecule has 3 aromatic rings. The van der Waals surface area contributed by atoms with Gasteiger partial charge in [0.05, 0.1) is 10.6 Å². The lowest BCUT2D eigenvalue weighted by atomic mass is 10.1. The number of carbonyl (C=O) groups is 1. The minimum absolute atomic E-state index is 0.0654. The molecule has 0 heterocycles. The lowest BCUT2D eigenvalue weighted by molar-refractivity contribution is -0.114. The zero-order valence-corrected chi connectivity index (χ0v) is 20.4. The van der Waals surface area contributed by atoms with Crippen LogP contribution in [0.2, 0.25) is 5.02 Å². The molecule has 0 saturated heterocycles. The molecule has 5 nitrogen and oxygen atoms in total. The summed E-state index contributed by atoms with van der Waals surface area (Å²) in [6.45, 7) is 9.33. The first-order valence-corrected chi connectivity index (χ1v) is 12.0. The highest BCUT2D eigenvalue weighted by Crippen LogP contribution is 2.27. The lowest BCUT2D eigenvalue weighted by Crippen LogP contribution is -2.38. The van der Waals surface area contributed by atoms with Gasteiger partial charge in [0.2, 0.25) is 5.91 Å². The Labute approximate surface area is 195 Å². The van der Waals surface area contributed by atoms with Crippen LogP contribution in [0.3, 0.4) is 0 Å². The van der Waals surface area contributed by atoms with Crippen molar-refractivity contribution in [3.63, 3.8) is 0 Å². The number of sulfonamides is 1. The normalized spacial score (nSPS) is 11.3. The standard InChI is InChI=1S/C25H27ClN2O3S/c1-16-12-19(4)25(20(5)13-16)27-24(29)15-28(22-9-6-17(2)18(3)14-22)32(30,31)23-10-7-21(26)8-11-23/h6-14H,15H2,1-5H3,(H,27,29). The topological polar surface area (TPSA) is 66.5 Å². The van der Waals surface area contributed by atoms with E-state index >= 15 is 0 Å². The van der Waals surface area contributed by atoms with Crippen molar-refractivity contribution in [2.75, 3.05) is 16.2 Å². The highest BCUT2D eigenvalue weighted by molar-refractivity contribution is 7.92. The Hall–Kier alpha value is -2.83. The minimum atomic E-state index is -4.00. The zero-order valence-electron chi connectivity index (χ0n) is 18.9. The Morgan fingerprint density at radius 3 is 2.00 bits per heavy atom. The molecule has 0 atom stereocenters. The highest BCUT2D eigenvalue weighted by Gasteiger charge is 2.28. The van der Waals surface area contributed by atoms with Crippen molar-refractivity contribution in [2.24, 2.45) is 0 Å². The summed E-state index contributed by atoms with van der Waals surface area (Å²) in [5, 5.41) is 3.33. The summed E-state index contributed by atoms with van der Waals surface area (Å²) in [7, 11) is -4.00. The number of hydrogen-bond acceptors (Lipinski definition) is 3. The van der Waals surface area contributed by atoms with E-state index < -0.39 is 15.9 Å². The molecule has 0 saturated carbocycles. The van der Waals surface area contributed by atoms with Gasteiger partial charge in [0.15, 0.2) is 0 Å². The van der Waals surface area contributed by atoms with Gasteiger partial charge in [-0.2, -0.15) is 0 Å². The molecule has 1 N–H and O–H groups in total. The number of hydrogen-bond donors (Lipinski definition) is 1. The van der Waals surface area contributed by atoms with E-state index in [9.17, 15) is 13.2 Å². The molecule has 0 aliphatic carbocycles. The molecule has 0 radical (unpaired) electrons. The molecule has 168 valence electrons. The largest absolute Gasteiger partial charge is 0.324 e. The number of amides is 1. The van der Waals surface area contributed by atoms with Gasteiger partial charge in [-0.15, -0.1) is 0 Å². The SMILES string of the molecule is Cc1cc(C)c(NC(=O)CN(c2ccc(C)c(C)c2)S(=O)(=O)c2ccc(Cl)cc2)c(C)c1. The number of carbonyl (C=O) groups excluding carboxylic acids is 1. The number of halogens is 1. The molecule has 0 bridgehead atoms. The molecule has 3 aromatic carbocycles. The van der Waals surface area contributed by atoms with Crippen molar-refractivity contribution in [1.29, 1.82) is 0 Å². The first-order valence-electron chi connectivity index (χ1n) is 10.2. The molecule has 0 spiro atoms. The first kappa shape index (κ1) is 23.8. The molecule has 3 rings (SSSR count). The van der Waals surface area contributed by atoms with Crippen LogP contribution in [0.4, 0.5) is 11.4 Å². The second kappa shape index (κ2) is 9.35. The summed E-state index contributed by atoms with van der Waals surface area (Å²) < 4.78 is 28.2. The molecule has 7 heteroatoms. The van der Waals surface area contributed by atoms with Gasteiger partial charge >= 0.3 is 0 Å². The third-order valence-corrected chi connectivity index (χ3v) is 7.45. The van der Waals surface area contributed by atoms with E-state index in [0.717, 1.165) is 32.1 Å². The molecule has 32 heavy (non-hydrogen) atoms. The van der Waals surface area contributed by atoms with Crippen LogP contribution in [0.15, 0.2) is 59.5 Å². The molecule has 0 unspecified atom stereocenters. The van der Waals surface area contributed by atoms with Crippen molar-refractivity contribution in [2.45, 2.75) is 39.5 Å². The Kier molecular flexibility index (Phi) is 6.96. The Balaban J connectivity index is 2.00. The van der Waals surface area contributed by atoms with Crippen LogP contribution in [-0.2, 0) is 14.8 Å². The van der Waals surface area contributed by atoms with E-state index in [1.165, 1.54) is 24.3 Å². The third kappa shape index (κ3) is 5.14. The van der Waals surface area contributed by atoms with Gasteiger partial charge in [0.25, 0.3) is 10.0 Å². The van der Waals surface area contributed by atoms with Crippen LogP contribution < -0.4 is 9.62 Å². The van der Waals surface area contributed by atoms with Crippen molar-refractivity contribution in [3.8, 4) is 0 Å². The van der Waals surface area contributed by atoms with E-state index in [1.54, 1.807) is 12.1 Å². The monoisotopic (exact) mass is 470 g/mol. The van der Waals surface area contributed by atoms with Crippen molar-refractivity contribution >= 4 is 38.9 Å². The number of benzene rings is 3. The number of nitrogens with zero attached hydrogens (tertiary/aromatic N) is 1. The average molecular weight is 471 g/mol. The van der Waals surface area contributed by atoms with E-state index in [2.05, 4.69) is 5.32 Å². The maximum absolute atomic E-state index is 13.5. The predicted octanol–water partition coefficient (Wildman–Crippen LogP) is 5.72. The van der Waals surface area contributed by atoms with Gasteiger partial charge in [0, 0.05) is 10.7 Å². The van der Waals surface area contributed by atoms with Crippen LogP contribution >= 0.6 is 11.6 Å². The van der Waals surface area contributed by atoms with Crippen LogP contribution in [0.25, 0.3) is 0 Å². The fraction of sp³-hybridized carbons (Fsp3) is 0.240. The first-order chi connectivity index (χ1) is 15.0. The number of anilines is 2. The molecule has 0 aliphatic heterocycles. The maximum atomic E-state index is 13.5. The molecular formula is C25H27ClN2O3S. The number of nitrogens with one attached hydrogen (secondary N) is 1. The molecule has 1 amide bonds. The summed E-state index contributed by atoms with van der Waals surface area (Å²) in [6.07, 6.45) is 0. The quantitative estimate of drug-likeness (QED) is 0.501. The van der Waals surface area contributed by atoms with Gasteiger partial charge in [-0.3, -0.25) is 9.10 Å². The average Bonchev–Trinajstić information content (AvgIpc) is 2.71. The lowest BCUT2D eigenvalue weighted by Gasteiger charge is -2.25. The van der Waals surface area contributed by atoms with Crippen molar-refractivity contribution in [3.05, 3.63) is 87.4 Å². The second-order valence-corrected chi connectivity index (χ2v) is 10.4. The van der Waals surface area contributed by atoms with Crippen molar-refractivity contribution < 1.29 is 13.2 Å².